The number of nitrogens with zero attached hydrogens (tertiary/aromatic N) is 1. The van der Waals surface area contributed by atoms with Crippen molar-refractivity contribution in [1.82, 2.24) is 15.5 Å². The fourth-order valence-corrected chi connectivity index (χ4v) is 7.34. The SMILES string of the molecule is CC1CC23O[C@]1(C)[C@@H](C(=O)NCc1ccccc1)[C@H]2C(=O)N(CCCO)C3C(=O)NC1CCCCC1. The molecule has 0 aromatic heterocycles. The Bertz CT molecular complexity index is 996. The summed E-state index contributed by atoms with van der Waals surface area (Å²) in [6, 6.07) is 9.00. The van der Waals surface area contributed by atoms with Crippen LogP contribution in [0.15, 0.2) is 30.3 Å². The summed E-state index contributed by atoms with van der Waals surface area (Å²) in [6.07, 6.45) is 6.18. The number of aliphatic hydroxyl groups is 1. The predicted molar refractivity (Wildman–Crippen MR) is 133 cm³/mol. The molecule has 3 saturated heterocycles. The van der Waals surface area contributed by atoms with E-state index in [0.29, 0.717) is 19.4 Å². The van der Waals surface area contributed by atoms with Gasteiger partial charge in [0, 0.05) is 25.7 Å². The van der Waals surface area contributed by atoms with Crippen molar-refractivity contribution in [3.8, 4) is 0 Å². The fraction of sp³-hybridized carbons (Fsp3) is 0.679. The number of hydrogen-bond acceptors (Lipinski definition) is 5. The normalized spacial score (nSPS) is 35.6. The zero-order valence-electron chi connectivity index (χ0n) is 21.4. The largest absolute Gasteiger partial charge is 0.396 e. The molecule has 8 heteroatoms. The van der Waals surface area contributed by atoms with E-state index in [4.69, 9.17) is 4.74 Å². The van der Waals surface area contributed by atoms with E-state index in [0.717, 1.165) is 31.2 Å². The van der Waals surface area contributed by atoms with Crippen LogP contribution in [0.4, 0.5) is 0 Å². The summed E-state index contributed by atoms with van der Waals surface area (Å²) in [5.41, 5.74) is -0.878. The van der Waals surface area contributed by atoms with Gasteiger partial charge in [-0.1, -0.05) is 56.5 Å². The van der Waals surface area contributed by atoms with E-state index in [-0.39, 0.29) is 42.8 Å². The van der Waals surface area contributed by atoms with E-state index in [2.05, 4.69) is 17.6 Å². The molecule has 6 atom stereocenters. The summed E-state index contributed by atoms with van der Waals surface area (Å²) in [4.78, 5) is 43.0. The first-order valence-electron chi connectivity index (χ1n) is 13.6. The van der Waals surface area contributed by atoms with Crippen LogP contribution < -0.4 is 10.6 Å². The molecule has 0 radical (unpaired) electrons. The van der Waals surface area contributed by atoms with Crippen molar-refractivity contribution in [2.75, 3.05) is 13.2 Å². The molecular weight excluding hydrogens is 458 g/mol. The Kier molecular flexibility index (Phi) is 6.85. The summed E-state index contributed by atoms with van der Waals surface area (Å²) >= 11 is 0. The van der Waals surface area contributed by atoms with Crippen molar-refractivity contribution in [1.29, 1.82) is 0 Å². The Morgan fingerprint density at radius 2 is 1.86 bits per heavy atom. The van der Waals surface area contributed by atoms with Crippen molar-refractivity contribution in [3.63, 3.8) is 0 Å². The van der Waals surface area contributed by atoms with Crippen molar-refractivity contribution in [2.24, 2.45) is 17.8 Å². The molecule has 3 amide bonds. The van der Waals surface area contributed by atoms with Crippen LogP contribution in [0.25, 0.3) is 0 Å². The summed E-state index contributed by atoms with van der Waals surface area (Å²) in [7, 11) is 0. The third-order valence-electron chi connectivity index (χ3n) is 9.16. The highest BCUT2D eigenvalue weighted by Crippen LogP contribution is 2.65. The van der Waals surface area contributed by atoms with Crippen molar-refractivity contribution in [2.45, 2.75) is 88.6 Å². The minimum absolute atomic E-state index is 0.0109. The lowest BCUT2D eigenvalue weighted by Gasteiger charge is -2.36. The lowest BCUT2D eigenvalue weighted by molar-refractivity contribution is -0.148. The second-order valence-corrected chi connectivity index (χ2v) is 11.4. The Balaban J connectivity index is 1.44. The van der Waals surface area contributed by atoms with Crippen LogP contribution in [-0.4, -0.2) is 64.2 Å². The van der Waals surface area contributed by atoms with Gasteiger partial charge in [0.05, 0.1) is 17.4 Å². The minimum atomic E-state index is -1.03. The van der Waals surface area contributed by atoms with Crippen LogP contribution >= 0.6 is 0 Å². The van der Waals surface area contributed by atoms with Crippen molar-refractivity contribution < 1.29 is 24.2 Å². The van der Waals surface area contributed by atoms with E-state index < -0.39 is 29.1 Å². The molecule has 1 saturated carbocycles. The number of aliphatic hydroxyl groups excluding tert-OH is 1. The molecule has 1 aromatic rings. The van der Waals surface area contributed by atoms with Gasteiger partial charge in [0.1, 0.15) is 11.6 Å². The number of nitrogens with one attached hydrogen (secondary N) is 2. The summed E-state index contributed by atoms with van der Waals surface area (Å²) < 4.78 is 6.73. The van der Waals surface area contributed by atoms with Crippen LogP contribution in [0, 0.1) is 17.8 Å². The van der Waals surface area contributed by atoms with Crippen molar-refractivity contribution in [3.05, 3.63) is 35.9 Å². The number of fused-ring (bicyclic) bond motifs is 1. The van der Waals surface area contributed by atoms with E-state index in [1.807, 2.05) is 37.3 Å². The standard InChI is InChI=1S/C28H39N3O5/c1-18-16-28-22(21(27(18,2)36-28)24(33)29-17-19-10-5-3-6-11-19)26(35)31(14-9-15-32)23(28)25(34)30-20-12-7-4-8-13-20/h3,5-6,10-11,18,20-23,32H,4,7-9,12-17H2,1-2H3,(H,29,33)(H,30,34)/t18?,21-,22+,23?,27+,28?/m1/s1. The van der Waals surface area contributed by atoms with Crippen LogP contribution in [0.5, 0.6) is 0 Å². The molecule has 4 fully saturated rings. The number of hydrogen-bond donors (Lipinski definition) is 3. The zero-order valence-corrected chi connectivity index (χ0v) is 21.4. The first-order valence-corrected chi connectivity index (χ1v) is 13.6. The fourth-order valence-electron chi connectivity index (χ4n) is 7.34. The van der Waals surface area contributed by atoms with Crippen molar-refractivity contribution >= 4 is 17.7 Å². The number of carbonyl (C=O) groups excluding carboxylic acids is 3. The quantitative estimate of drug-likeness (QED) is 0.510. The molecular formula is C28H39N3O5. The second kappa shape index (κ2) is 9.78. The Hall–Kier alpha value is -2.45. The lowest BCUT2D eigenvalue weighted by atomic mass is 9.62. The van der Waals surface area contributed by atoms with Gasteiger partial charge in [-0.05, 0) is 44.1 Å². The number of rotatable bonds is 8. The molecule has 4 aliphatic rings. The molecule has 5 rings (SSSR count). The molecule has 3 N–H and O–H groups in total. The maximum Gasteiger partial charge on any atom is 0.246 e. The van der Waals surface area contributed by atoms with Gasteiger partial charge in [0.25, 0.3) is 0 Å². The van der Waals surface area contributed by atoms with E-state index in [1.54, 1.807) is 4.90 Å². The number of ether oxygens (including phenoxy) is 1. The van der Waals surface area contributed by atoms with E-state index in [9.17, 15) is 19.5 Å². The average Bonchev–Trinajstić information content (AvgIpc) is 3.39. The summed E-state index contributed by atoms with van der Waals surface area (Å²) in [5.74, 6) is -1.97. The molecule has 2 bridgehead atoms. The predicted octanol–water partition coefficient (Wildman–Crippen LogP) is 2.14. The van der Waals surface area contributed by atoms with Gasteiger partial charge in [-0.25, -0.2) is 0 Å². The Morgan fingerprint density at radius 3 is 2.56 bits per heavy atom. The smallest absolute Gasteiger partial charge is 0.246 e. The third-order valence-corrected chi connectivity index (χ3v) is 9.16. The van der Waals surface area contributed by atoms with E-state index >= 15 is 0 Å². The zero-order chi connectivity index (χ0) is 25.5. The lowest BCUT2D eigenvalue weighted by Crippen LogP contribution is -2.57. The van der Waals surface area contributed by atoms with Gasteiger partial charge < -0.3 is 25.4 Å². The molecule has 196 valence electrons. The van der Waals surface area contributed by atoms with Gasteiger partial charge in [-0.15, -0.1) is 0 Å². The topological polar surface area (TPSA) is 108 Å². The van der Waals surface area contributed by atoms with Gasteiger partial charge in [0.15, 0.2) is 0 Å². The van der Waals surface area contributed by atoms with Crippen LogP contribution in [0.3, 0.4) is 0 Å². The monoisotopic (exact) mass is 497 g/mol. The third kappa shape index (κ3) is 4.02. The van der Waals surface area contributed by atoms with Crippen LogP contribution in [-0.2, 0) is 25.7 Å². The molecule has 3 aliphatic heterocycles. The minimum Gasteiger partial charge on any atom is -0.396 e. The first-order chi connectivity index (χ1) is 17.3. The maximum atomic E-state index is 13.9. The molecule has 3 unspecified atom stereocenters. The first kappa shape index (κ1) is 25.2. The molecule has 1 spiro atoms. The van der Waals surface area contributed by atoms with Gasteiger partial charge in [0.2, 0.25) is 17.7 Å². The number of benzene rings is 1. The number of amides is 3. The summed E-state index contributed by atoms with van der Waals surface area (Å²) in [6.45, 7) is 4.55. The van der Waals surface area contributed by atoms with Crippen LogP contribution in [0.2, 0.25) is 0 Å². The van der Waals surface area contributed by atoms with Gasteiger partial charge >= 0.3 is 0 Å². The Labute approximate surface area is 213 Å². The van der Waals surface area contributed by atoms with Gasteiger partial charge in [-0.2, -0.15) is 0 Å². The molecule has 8 nitrogen and oxygen atoms in total. The number of likely N-dealkylation sites (tertiary alicyclic amines) is 1. The van der Waals surface area contributed by atoms with Gasteiger partial charge in [-0.3, -0.25) is 14.4 Å². The van der Waals surface area contributed by atoms with Crippen LogP contribution in [0.1, 0.15) is 64.4 Å². The number of carbonyl (C=O) groups is 3. The Morgan fingerprint density at radius 1 is 1.14 bits per heavy atom. The highest BCUT2D eigenvalue weighted by atomic mass is 16.5. The highest BCUT2D eigenvalue weighted by molar-refractivity contribution is 5.99. The molecule has 3 heterocycles. The second-order valence-electron chi connectivity index (χ2n) is 11.4. The molecule has 36 heavy (non-hydrogen) atoms. The van der Waals surface area contributed by atoms with E-state index in [1.165, 1.54) is 6.42 Å². The molecule has 1 aromatic carbocycles. The highest BCUT2D eigenvalue weighted by Gasteiger charge is 2.79. The summed E-state index contributed by atoms with van der Waals surface area (Å²) in [5, 5.41) is 15.8. The average molecular weight is 498 g/mol. The molecule has 1 aliphatic carbocycles. The maximum absolute atomic E-state index is 13.9.